The monoisotopic (exact) mass is 287 g/mol. The zero-order valence-corrected chi connectivity index (χ0v) is 14.2. The van der Waals surface area contributed by atoms with Crippen LogP contribution in [0.25, 0.3) is 0 Å². The van der Waals surface area contributed by atoms with E-state index in [4.69, 9.17) is 0 Å². The second-order valence-electron chi connectivity index (χ2n) is 6.76. The Kier molecular flexibility index (Phi) is 6.29. The van der Waals surface area contributed by atoms with Crippen LogP contribution in [-0.2, 0) is 5.41 Å². The van der Waals surface area contributed by atoms with Crippen molar-refractivity contribution in [2.45, 2.75) is 77.2 Å². The molecule has 0 aliphatic heterocycles. The molecule has 0 bridgehead atoms. The highest BCUT2D eigenvalue weighted by atomic mass is 14.9. The molecular formula is C20H33N. The predicted octanol–water partition coefficient (Wildman–Crippen LogP) is 5.30. The third kappa shape index (κ3) is 4.10. The lowest BCUT2D eigenvalue weighted by Gasteiger charge is -2.41. The Balaban J connectivity index is 2.20. The highest BCUT2D eigenvalue weighted by Crippen LogP contribution is 2.40. The fraction of sp³-hybridized carbons (Fsp3) is 0.700. The lowest BCUT2D eigenvalue weighted by Crippen LogP contribution is -2.48. The minimum atomic E-state index is 0.297. The molecule has 1 heteroatoms. The Morgan fingerprint density at radius 1 is 1.10 bits per heavy atom. The normalized spacial score (nSPS) is 16.9. The largest absolute Gasteiger partial charge is 0.313 e. The standard InChI is InChI=1S/C20H33N/c1-4-16-21-19(15-14-17-12-13-17)20(5-2,6-3)18-10-8-7-9-11-18/h7-11,17,19,21H,4-6,12-16H2,1-3H3. The maximum atomic E-state index is 3.89. The van der Waals surface area contributed by atoms with Crippen LogP contribution in [0.1, 0.15) is 71.3 Å². The summed E-state index contributed by atoms with van der Waals surface area (Å²) in [6.45, 7) is 8.15. The van der Waals surface area contributed by atoms with Crippen molar-refractivity contribution in [1.82, 2.24) is 5.32 Å². The van der Waals surface area contributed by atoms with Gasteiger partial charge in [-0.05, 0) is 50.1 Å². The molecule has 1 unspecified atom stereocenters. The summed E-state index contributed by atoms with van der Waals surface area (Å²) >= 11 is 0. The summed E-state index contributed by atoms with van der Waals surface area (Å²) in [5.74, 6) is 1.03. The van der Waals surface area contributed by atoms with Crippen molar-refractivity contribution in [1.29, 1.82) is 0 Å². The first kappa shape index (κ1) is 16.5. The molecular weight excluding hydrogens is 254 g/mol. The number of rotatable bonds is 10. The van der Waals surface area contributed by atoms with E-state index in [9.17, 15) is 0 Å². The Morgan fingerprint density at radius 3 is 2.29 bits per heavy atom. The predicted molar refractivity (Wildman–Crippen MR) is 92.7 cm³/mol. The zero-order chi connectivity index (χ0) is 15.1. The lowest BCUT2D eigenvalue weighted by molar-refractivity contribution is 0.251. The first-order valence-electron chi connectivity index (χ1n) is 9.05. The van der Waals surface area contributed by atoms with Crippen LogP contribution < -0.4 is 5.32 Å². The van der Waals surface area contributed by atoms with Crippen LogP contribution in [0.2, 0.25) is 0 Å². The summed E-state index contributed by atoms with van der Waals surface area (Å²) in [6, 6.07) is 11.8. The summed E-state index contributed by atoms with van der Waals surface area (Å²) in [5, 5.41) is 3.89. The summed E-state index contributed by atoms with van der Waals surface area (Å²) in [4.78, 5) is 0. The Labute approximate surface area is 131 Å². The zero-order valence-electron chi connectivity index (χ0n) is 14.2. The number of benzene rings is 1. The van der Waals surface area contributed by atoms with Gasteiger partial charge in [-0.15, -0.1) is 0 Å². The molecule has 1 N–H and O–H groups in total. The van der Waals surface area contributed by atoms with Crippen molar-refractivity contribution < 1.29 is 0 Å². The molecule has 0 spiro atoms. The molecule has 0 heterocycles. The minimum absolute atomic E-state index is 0.297. The molecule has 1 fully saturated rings. The van der Waals surface area contributed by atoms with E-state index in [2.05, 4.69) is 56.4 Å². The molecule has 1 aliphatic rings. The highest BCUT2D eigenvalue weighted by molar-refractivity contribution is 5.27. The molecule has 1 aliphatic carbocycles. The minimum Gasteiger partial charge on any atom is -0.313 e. The maximum absolute atomic E-state index is 3.89. The fourth-order valence-electron chi connectivity index (χ4n) is 3.82. The second-order valence-corrected chi connectivity index (χ2v) is 6.76. The van der Waals surface area contributed by atoms with E-state index >= 15 is 0 Å². The van der Waals surface area contributed by atoms with E-state index in [0.29, 0.717) is 11.5 Å². The van der Waals surface area contributed by atoms with Crippen LogP contribution >= 0.6 is 0 Å². The van der Waals surface area contributed by atoms with E-state index in [1.54, 1.807) is 0 Å². The highest BCUT2D eigenvalue weighted by Gasteiger charge is 2.37. The third-order valence-corrected chi connectivity index (χ3v) is 5.48. The van der Waals surface area contributed by atoms with Crippen molar-refractivity contribution in [2.24, 2.45) is 5.92 Å². The van der Waals surface area contributed by atoms with Crippen molar-refractivity contribution in [3.8, 4) is 0 Å². The van der Waals surface area contributed by atoms with Gasteiger partial charge in [0.05, 0.1) is 0 Å². The summed E-state index contributed by atoms with van der Waals surface area (Å²) in [7, 11) is 0. The number of hydrogen-bond donors (Lipinski definition) is 1. The third-order valence-electron chi connectivity index (χ3n) is 5.48. The molecule has 1 aromatic carbocycles. The molecule has 0 radical (unpaired) electrons. The Morgan fingerprint density at radius 2 is 1.76 bits per heavy atom. The van der Waals surface area contributed by atoms with Crippen LogP contribution in [0, 0.1) is 5.92 Å². The summed E-state index contributed by atoms with van der Waals surface area (Å²) in [6.07, 6.45) is 9.35. The molecule has 1 saturated carbocycles. The van der Waals surface area contributed by atoms with Gasteiger partial charge in [-0.2, -0.15) is 0 Å². The van der Waals surface area contributed by atoms with Crippen LogP contribution in [0.15, 0.2) is 30.3 Å². The van der Waals surface area contributed by atoms with Crippen LogP contribution in [0.5, 0.6) is 0 Å². The van der Waals surface area contributed by atoms with Gasteiger partial charge in [-0.25, -0.2) is 0 Å². The van der Waals surface area contributed by atoms with Crippen LogP contribution in [0.3, 0.4) is 0 Å². The smallest absolute Gasteiger partial charge is 0.0164 e. The first-order valence-corrected chi connectivity index (χ1v) is 9.05. The van der Waals surface area contributed by atoms with Crippen LogP contribution in [0.4, 0.5) is 0 Å². The number of hydrogen-bond acceptors (Lipinski definition) is 1. The van der Waals surface area contributed by atoms with Crippen LogP contribution in [-0.4, -0.2) is 12.6 Å². The van der Waals surface area contributed by atoms with Crippen molar-refractivity contribution in [3.05, 3.63) is 35.9 Å². The summed E-state index contributed by atoms with van der Waals surface area (Å²) in [5.41, 5.74) is 1.82. The molecule has 1 nitrogen and oxygen atoms in total. The van der Waals surface area contributed by atoms with Crippen molar-refractivity contribution in [3.63, 3.8) is 0 Å². The van der Waals surface area contributed by atoms with Crippen molar-refractivity contribution >= 4 is 0 Å². The average Bonchev–Trinajstić information content (AvgIpc) is 3.36. The van der Waals surface area contributed by atoms with Gasteiger partial charge in [0.1, 0.15) is 0 Å². The van der Waals surface area contributed by atoms with Gasteiger partial charge in [-0.1, -0.05) is 63.9 Å². The molecule has 0 saturated heterocycles. The Bertz CT molecular complexity index is 390. The molecule has 21 heavy (non-hydrogen) atoms. The average molecular weight is 287 g/mol. The maximum Gasteiger partial charge on any atom is 0.0164 e. The molecule has 118 valence electrons. The van der Waals surface area contributed by atoms with E-state index in [1.807, 2.05) is 0 Å². The van der Waals surface area contributed by atoms with E-state index in [0.717, 1.165) is 12.5 Å². The molecule has 0 amide bonds. The number of nitrogens with one attached hydrogen (secondary N) is 1. The molecule has 1 atom stereocenters. The Hall–Kier alpha value is -0.820. The van der Waals surface area contributed by atoms with Gasteiger partial charge < -0.3 is 5.32 Å². The van der Waals surface area contributed by atoms with Crippen molar-refractivity contribution in [2.75, 3.05) is 6.54 Å². The molecule has 1 aromatic rings. The molecule has 2 rings (SSSR count). The lowest BCUT2D eigenvalue weighted by atomic mass is 9.68. The van der Waals surface area contributed by atoms with E-state index in [1.165, 1.54) is 50.5 Å². The van der Waals surface area contributed by atoms with Gasteiger partial charge >= 0.3 is 0 Å². The SMILES string of the molecule is CCCNC(CCC1CC1)C(CC)(CC)c1ccccc1. The molecule has 0 aromatic heterocycles. The first-order chi connectivity index (χ1) is 10.3. The van der Waals surface area contributed by atoms with Gasteiger partial charge in [0, 0.05) is 11.5 Å². The van der Waals surface area contributed by atoms with Gasteiger partial charge in [0.2, 0.25) is 0 Å². The quantitative estimate of drug-likeness (QED) is 0.615. The fourth-order valence-corrected chi connectivity index (χ4v) is 3.82. The second kappa shape index (κ2) is 7.98. The van der Waals surface area contributed by atoms with E-state index in [-0.39, 0.29) is 0 Å². The summed E-state index contributed by atoms with van der Waals surface area (Å²) < 4.78 is 0. The van der Waals surface area contributed by atoms with Gasteiger partial charge in [0.15, 0.2) is 0 Å². The van der Waals surface area contributed by atoms with Gasteiger partial charge in [0.25, 0.3) is 0 Å². The topological polar surface area (TPSA) is 12.0 Å². The van der Waals surface area contributed by atoms with Gasteiger partial charge in [-0.3, -0.25) is 0 Å². The van der Waals surface area contributed by atoms with E-state index < -0.39 is 0 Å².